The fraction of sp³-hybridized carbons (Fsp3) is 0.333. The molecule has 1 atom stereocenters. The van der Waals surface area contributed by atoms with Crippen molar-refractivity contribution >= 4 is 27.8 Å². The fourth-order valence-electron chi connectivity index (χ4n) is 2.54. The van der Waals surface area contributed by atoms with Crippen molar-refractivity contribution in [1.82, 2.24) is 5.32 Å². The lowest BCUT2D eigenvalue weighted by Gasteiger charge is -2.20. The molecule has 1 amide bonds. The summed E-state index contributed by atoms with van der Waals surface area (Å²) in [6.07, 6.45) is 8.17. The topological polar surface area (TPSA) is 55.4 Å². The van der Waals surface area contributed by atoms with E-state index in [9.17, 15) is 9.59 Å². The molecule has 0 bridgehead atoms. The van der Waals surface area contributed by atoms with Crippen molar-refractivity contribution in [3.8, 4) is 0 Å². The molecule has 0 aliphatic heterocycles. The number of allylic oxidation sites excluding steroid dienone is 4. The van der Waals surface area contributed by atoms with Crippen molar-refractivity contribution in [3.05, 3.63) is 69.8 Å². The molecule has 0 radical (unpaired) electrons. The number of amides is 1. The normalized spacial score (nSPS) is 15.4. The van der Waals surface area contributed by atoms with Gasteiger partial charge in [0.15, 0.2) is 6.04 Å². The molecule has 0 fully saturated rings. The SMILES string of the molecule is COC(=O)C(NC(=O)c1ccc(C(C)(C)C)cc1)C1=CC=C(Br)CC=C1. The summed E-state index contributed by atoms with van der Waals surface area (Å²) in [5, 5.41) is 2.78. The minimum absolute atomic E-state index is 0.0131. The van der Waals surface area contributed by atoms with Crippen molar-refractivity contribution in [2.24, 2.45) is 0 Å². The molecule has 1 N–H and O–H groups in total. The van der Waals surface area contributed by atoms with E-state index in [1.165, 1.54) is 7.11 Å². The zero-order valence-corrected chi connectivity index (χ0v) is 17.1. The third kappa shape index (κ3) is 5.18. The van der Waals surface area contributed by atoms with E-state index < -0.39 is 12.0 Å². The molecule has 1 aliphatic carbocycles. The van der Waals surface area contributed by atoms with Crippen LogP contribution in [-0.2, 0) is 14.9 Å². The second-order valence-electron chi connectivity index (χ2n) is 7.14. The van der Waals surface area contributed by atoms with E-state index in [0.717, 1.165) is 16.5 Å². The minimum atomic E-state index is -0.860. The number of benzene rings is 1. The average Bonchev–Trinajstić information content (AvgIpc) is 2.82. The van der Waals surface area contributed by atoms with Gasteiger partial charge in [0, 0.05) is 5.56 Å². The summed E-state index contributed by atoms with van der Waals surface area (Å²) in [4.78, 5) is 24.8. The predicted octanol–water partition coefficient (Wildman–Crippen LogP) is 4.42. The molecule has 1 aliphatic rings. The van der Waals surface area contributed by atoms with Crippen LogP contribution in [0.15, 0.2) is 58.6 Å². The molecular formula is C21H24BrNO3. The van der Waals surface area contributed by atoms with Crippen LogP contribution in [0.25, 0.3) is 0 Å². The fourth-order valence-corrected chi connectivity index (χ4v) is 2.86. The van der Waals surface area contributed by atoms with Gasteiger partial charge in [-0.3, -0.25) is 4.79 Å². The summed E-state index contributed by atoms with van der Waals surface area (Å²) in [5.74, 6) is -0.825. The molecule has 138 valence electrons. The van der Waals surface area contributed by atoms with Gasteiger partial charge in [-0.15, -0.1) is 0 Å². The molecule has 0 saturated heterocycles. The Bertz CT molecular complexity index is 767. The van der Waals surface area contributed by atoms with E-state index >= 15 is 0 Å². The maximum Gasteiger partial charge on any atom is 0.333 e. The number of halogens is 1. The van der Waals surface area contributed by atoms with E-state index in [4.69, 9.17) is 4.74 Å². The Morgan fingerprint density at radius 2 is 1.81 bits per heavy atom. The second-order valence-corrected chi connectivity index (χ2v) is 8.16. The molecule has 0 saturated carbocycles. The number of esters is 1. The van der Waals surface area contributed by atoms with Gasteiger partial charge < -0.3 is 10.1 Å². The number of hydrogen-bond donors (Lipinski definition) is 1. The number of methoxy groups -OCH3 is 1. The van der Waals surface area contributed by atoms with Gasteiger partial charge in [-0.2, -0.15) is 0 Å². The zero-order chi connectivity index (χ0) is 19.3. The lowest BCUT2D eigenvalue weighted by Crippen LogP contribution is -2.42. The average molecular weight is 418 g/mol. The van der Waals surface area contributed by atoms with Crippen LogP contribution in [0.1, 0.15) is 43.1 Å². The van der Waals surface area contributed by atoms with Crippen LogP contribution in [0.3, 0.4) is 0 Å². The van der Waals surface area contributed by atoms with Crippen molar-refractivity contribution in [2.45, 2.75) is 38.6 Å². The highest BCUT2D eigenvalue weighted by atomic mass is 79.9. The molecule has 0 spiro atoms. The molecule has 0 heterocycles. The molecule has 4 nitrogen and oxygen atoms in total. The number of nitrogens with one attached hydrogen (secondary N) is 1. The highest BCUT2D eigenvalue weighted by Crippen LogP contribution is 2.22. The first kappa shape index (κ1) is 20.2. The van der Waals surface area contributed by atoms with Crippen LogP contribution < -0.4 is 5.32 Å². The van der Waals surface area contributed by atoms with Crippen LogP contribution in [0.2, 0.25) is 0 Å². The van der Waals surface area contributed by atoms with E-state index in [0.29, 0.717) is 11.1 Å². The summed E-state index contributed by atoms with van der Waals surface area (Å²) in [6.45, 7) is 6.35. The first-order valence-electron chi connectivity index (χ1n) is 8.44. The quantitative estimate of drug-likeness (QED) is 0.737. The van der Waals surface area contributed by atoms with Gasteiger partial charge in [0.1, 0.15) is 0 Å². The van der Waals surface area contributed by atoms with Gasteiger partial charge in [0.05, 0.1) is 7.11 Å². The number of ether oxygens (including phenoxy) is 1. The maximum atomic E-state index is 12.6. The summed E-state index contributed by atoms with van der Waals surface area (Å²) < 4.78 is 5.87. The van der Waals surface area contributed by atoms with E-state index in [2.05, 4.69) is 42.0 Å². The van der Waals surface area contributed by atoms with Gasteiger partial charge in [-0.25, -0.2) is 4.79 Å². The van der Waals surface area contributed by atoms with Gasteiger partial charge in [-0.05, 0) is 39.6 Å². The number of carbonyl (C=O) groups is 2. The van der Waals surface area contributed by atoms with Gasteiger partial charge in [0.2, 0.25) is 0 Å². The van der Waals surface area contributed by atoms with Crippen LogP contribution in [-0.4, -0.2) is 25.0 Å². The largest absolute Gasteiger partial charge is 0.467 e. The van der Waals surface area contributed by atoms with Crippen molar-refractivity contribution in [3.63, 3.8) is 0 Å². The smallest absolute Gasteiger partial charge is 0.333 e. The molecular weight excluding hydrogens is 394 g/mol. The van der Waals surface area contributed by atoms with E-state index in [-0.39, 0.29) is 11.3 Å². The van der Waals surface area contributed by atoms with Crippen molar-refractivity contribution in [2.75, 3.05) is 7.11 Å². The Balaban J connectivity index is 2.23. The zero-order valence-electron chi connectivity index (χ0n) is 15.5. The standard InChI is InChI=1S/C21H24BrNO3/c1-21(2,3)16-11-8-15(9-12-16)19(24)23-18(20(25)26-4)14-6-5-7-17(22)13-10-14/h5-6,8-13,18H,7H2,1-4H3,(H,23,24). The Hall–Kier alpha value is -2.14. The number of hydrogen-bond acceptors (Lipinski definition) is 3. The van der Waals surface area contributed by atoms with Crippen LogP contribution in [0.4, 0.5) is 0 Å². The Morgan fingerprint density at radius 1 is 1.15 bits per heavy atom. The van der Waals surface area contributed by atoms with Crippen LogP contribution in [0.5, 0.6) is 0 Å². The van der Waals surface area contributed by atoms with E-state index in [1.807, 2.05) is 30.4 Å². The maximum absolute atomic E-state index is 12.6. The summed E-state index contributed by atoms with van der Waals surface area (Å²) in [5.41, 5.74) is 2.33. The van der Waals surface area contributed by atoms with E-state index in [1.54, 1.807) is 18.2 Å². The Kier molecular flexibility index (Phi) is 6.59. The summed E-state index contributed by atoms with van der Waals surface area (Å²) >= 11 is 3.44. The molecule has 1 aromatic carbocycles. The highest BCUT2D eigenvalue weighted by molar-refractivity contribution is 9.11. The third-order valence-corrected chi connectivity index (χ3v) is 4.73. The molecule has 5 heteroatoms. The van der Waals surface area contributed by atoms with Crippen LogP contribution >= 0.6 is 15.9 Å². The Morgan fingerprint density at radius 3 is 2.38 bits per heavy atom. The van der Waals surface area contributed by atoms with Crippen molar-refractivity contribution in [1.29, 1.82) is 0 Å². The van der Waals surface area contributed by atoms with Crippen molar-refractivity contribution < 1.29 is 14.3 Å². The number of rotatable bonds is 4. The molecule has 1 aromatic rings. The monoisotopic (exact) mass is 417 g/mol. The van der Waals surface area contributed by atoms with Gasteiger partial charge >= 0.3 is 5.97 Å². The van der Waals surface area contributed by atoms with Gasteiger partial charge in [0.25, 0.3) is 5.91 Å². The second kappa shape index (κ2) is 8.49. The third-order valence-electron chi connectivity index (χ3n) is 4.14. The first-order valence-corrected chi connectivity index (χ1v) is 9.23. The number of carbonyl (C=O) groups excluding carboxylic acids is 2. The molecule has 26 heavy (non-hydrogen) atoms. The molecule has 1 unspecified atom stereocenters. The summed E-state index contributed by atoms with van der Waals surface area (Å²) in [6, 6.07) is 6.57. The highest BCUT2D eigenvalue weighted by Gasteiger charge is 2.25. The lowest BCUT2D eigenvalue weighted by atomic mass is 9.86. The minimum Gasteiger partial charge on any atom is -0.467 e. The summed E-state index contributed by atoms with van der Waals surface area (Å²) in [7, 11) is 1.31. The first-order chi connectivity index (χ1) is 12.2. The predicted molar refractivity (Wildman–Crippen MR) is 107 cm³/mol. The van der Waals surface area contributed by atoms with Gasteiger partial charge in [-0.1, -0.05) is 73.1 Å². The Labute approximate surface area is 163 Å². The van der Waals surface area contributed by atoms with Crippen LogP contribution in [0, 0.1) is 0 Å². The molecule has 0 aromatic heterocycles. The molecule has 2 rings (SSSR count). The lowest BCUT2D eigenvalue weighted by molar-refractivity contribution is -0.141.